The summed E-state index contributed by atoms with van der Waals surface area (Å²) in [4.78, 5) is 1.47. The molecule has 0 unspecified atom stereocenters. The van der Waals surface area contributed by atoms with Gasteiger partial charge in [0.15, 0.2) is 0 Å². The van der Waals surface area contributed by atoms with Crippen molar-refractivity contribution in [1.29, 1.82) is 0 Å². The minimum absolute atomic E-state index is 0.301. The maximum Gasteiger partial charge on any atom is 0.0213 e. The molecule has 0 aliphatic carbocycles. The van der Waals surface area contributed by atoms with Gasteiger partial charge in [0.25, 0.3) is 0 Å². The lowest BCUT2D eigenvalue weighted by Gasteiger charge is -2.15. The van der Waals surface area contributed by atoms with Crippen LogP contribution in [0.2, 0.25) is 0 Å². The van der Waals surface area contributed by atoms with Crippen LogP contribution in [0.1, 0.15) is 38.1 Å². The van der Waals surface area contributed by atoms with Gasteiger partial charge in [-0.1, -0.05) is 27.7 Å². The first kappa shape index (κ1) is 10.7. The third-order valence-corrected chi connectivity index (χ3v) is 3.38. The zero-order valence-electron chi connectivity index (χ0n) is 8.98. The lowest BCUT2D eigenvalue weighted by Crippen LogP contribution is -2.11. The van der Waals surface area contributed by atoms with E-state index in [-0.39, 0.29) is 0 Å². The van der Waals surface area contributed by atoms with Crippen LogP contribution >= 0.6 is 11.3 Å². The molecule has 1 heterocycles. The van der Waals surface area contributed by atoms with E-state index < -0.39 is 0 Å². The molecule has 0 saturated heterocycles. The summed E-state index contributed by atoms with van der Waals surface area (Å²) in [6.07, 6.45) is 0. The smallest absolute Gasteiger partial charge is 0.0213 e. The highest BCUT2D eigenvalue weighted by Crippen LogP contribution is 2.28. The summed E-state index contributed by atoms with van der Waals surface area (Å²) in [5.74, 6) is 0. The SMILES string of the molecule is CCNCc1csc(C(C)(C)C)c1. The Hall–Kier alpha value is -0.340. The number of nitrogens with one attached hydrogen (secondary N) is 1. The fourth-order valence-electron chi connectivity index (χ4n) is 1.13. The molecule has 1 aromatic rings. The third kappa shape index (κ3) is 3.12. The summed E-state index contributed by atoms with van der Waals surface area (Å²) in [5.41, 5.74) is 1.71. The van der Waals surface area contributed by atoms with Crippen molar-refractivity contribution in [3.63, 3.8) is 0 Å². The van der Waals surface area contributed by atoms with Crippen LogP contribution in [0, 0.1) is 0 Å². The Morgan fingerprint density at radius 1 is 1.38 bits per heavy atom. The van der Waals surface area contributed by atoms with Crippen LogP contribution in [0.5, 0.6) is 0 Å². The van der Waals surface area contributed by atoms with Gasteiger partial charge in [0, 0.05) is 11.4 Å². The topological polar surface area (TPSA) is 12.0 Å². The van der Waals surface area contributed by atoms with E-state index in [4.69, 9.17) is 0 Å². The average molecular weight is 197 g/mol. The van der Waals surface area contributed by atoms with Crippen molar-refractivity contribution in [2.75, 3.05) is 6.54 Å². The molecule has 2 heteroatoms. The van der Waals surface area contributed by atoms with E-state index in [9.17, 15) is 0 Å². The number of hydrogen-bond donors (Lipinski definition) is 1. The molecular formula is C11H19NS. The van der Waals surface area contributed by atoms with Gasteiger partial charge in [-0.15, -0.1) is 11.3 Å². The van der Waals surface area contributed by atoms with E-state index in [1.807, 2.05) is 11.3 Å². The van der Waals surface area contributed by atoms with E-state index >= 15 is 0 Å². The molecular weight excluding hydrogens is 178 g/mol. The molecule has 13 heavy (non-hydrogen) atoms. The first-order valence-corrected chi connectivity index (χ1v) is 5.70. The van der Waals surface area contributed by atoms with Gasteiger partial charge in [-0.2, -0.15) is 0 Å². The molecule has 1 N–H and O–H groups in total. The van der Waals surface area contributed by atoms with Crippen molar-refractivity contribution in [3.05, 3.63) is 21.9 Å². The molecule has 0 radical (unpaired) electrons. The van der Waals surface area contributed by atoms with Crippen LogP contribution < -0.4 is 5.32 Å². The van der Waals surface area contributed by atoms with Crippen LogP contribution in [0.4, 0.5) is 0 Å². The Morgan fingerprint density at radius 3 is 2.54 bits per heavy atom. The molecule has 0 spiro atoms. The Kier molecular flexibility index (Phi) is 3.51. The van der Waals surface area contributed by atoms with Gasteiger partial charge < -0.3 is 5.32 Å². The molecule has 0 saturated carbocycles. The Balaban J connectivity index is 2.64. The van der Waals surface area contributed by atoms with Crippen LogP contribution in [0.25, 0.3) is 0 Å². The van der Waals surface area contributed by atoms with Crippen LogP contribution in [0.15, 0.2) is 11.4 Å². The molecule has 1 aromatic heterocycles. The van der Waals surface area contributed by atoms with E-state index in [1.54, 1.807) is 0 Å². The molecule has 0 aliphatic rings. The van der Waals surface area contributed by atoms with Gasteiger partial charge in [-0.3, -0.25) is 0 Å². The highest BCUT2D eigenvalue weighted by molar-refractivity contribution is 7.10. The van der Waals surface area contributed by atoms with Crippen molar-refractivity contribution < 1.29 is 0 Å². The summed E-state index contributed by atoms with van der Waals surface area (Å²) in [5, 5.41) is 5.59. The van der Waals surface area contributed by atoms with Crippen LogP contribution in [-0.2, 0) is 12.0 Å². The first-order valence-electron chi connectivity index (χ1n) is 4.82. The van der Waals surface area contributed by atoms with Crippen molar-refractivity contribution in [1.82, 2.24) is 5.32 Å². The normalized spacial score (nSPS) is 12.0. The molecule has 0 aromatic carbocycles. The second-order valence-corrected chi connectivity index (χ2v) is 5.26. The van der Waals surface area contributed by atoms with Crippen molar-refractivity contribution in [2.24, 2.45) is 0 Å². The second-order valence-electron chi connectivity index (χ2n) is 4.35. The van der Waals surface area contributed by atoms with E-state index in [0.717, 1.165) is 13.1 Å². The van der Waals surface area contributed by atoms with E-state index in [0.29, 0.717) is 5.41 Å². The summed E-state index contributed by atoms with van der Waals surface area (Å²) < 4.78 is 0. The first-order chi connectivity index (χ1) is 6.04. The molecule has 1 nitrogen and oxygen atoms in total. The predicted molar refractivity (Wildman–Crippen MR) is 60.4 cm³/mol. The number of hydrogen-bond acceptors (Lipinski definition) is 2. The van der Waals surface area contributed by atoms with E-state index in [1.165, 1.54) is 10.4 Å². The lowest BCUT2D eigenvalue weighted by atomic mass is 9.94. The molecule has 0 amide bonds. The highest BCUT2D eigenvalue weighted by Gasteiger charge is 2.15. The quantitative estimate of drug-likeness (QED) is 0.785. The predicted octanol–water partition coefficient (Wildman–Crippen LogP) is 3.16. The molecule has 0 bridgehead atoms. The zero-order chi connectivity index (χ0) is 9.90. The lowest BCUT2D eigenvalue weighted by molar-refractivity contribution is 0.603. The van der Waals surface area contributed by atoms with Crippen molar-refractivity contribution in [3.8, 4) is 0 Å². The second kappa shape index (κ2) is 4.25. The Labute approximate surface area is 85.2 Å². The Bertz CT molecular complexity index is 257. The van der Waals surface area contributed by atoms with Gasteiger partial charge in [0.1, 0.15) is 0 Å². The molecule has 74 valence electrons. The van der Waals surface area contributed by atoms with Crippen molar-refractivity contribution >= 4 is 11.3 Å². The summed E-state index contributed by atoms with van der Waals surface area (Å²) >= 11 is 1.87. The van der Waals surface area contributed by atoms with Crippen molar-refractivity contribution in [2.45, 2.75) is 39.7 Å². The maximum atomic E-state index is 3.34. The zero-order valence-corrected chi connectivity index (χ0v) is 9.79. The minimum Gasteiger partial charge on any atom is -0.313 e. The maximum absolute atomic E-state index is 3.34. The van der Waals surface area contributed by atoms with E-state index in [2.05, 4.69) is 44.5 Å². The largest absolute Gasteiger partial charge is 0.313 e. The molecule has 0 atom stereocenters. The fourth-order valence-corrected chi connectivity index (χ4v) is 2.13. The van der Waals surface area contributed by atoms with Crippen LogP contribution in [-0.4, -0.2) is 6.54 Å². The number of rotatable bonds is 3. The standard InChI is InChI=1S/C11H19NS/c1-5-12-7-9-6-10(13-8-9)11(2,3)4/h6,8,12H,5,7H2,1-4H3. The minimum atomic E-state index is 0.301. The molecule has 0 fully saturated rings. The Morgan fingerprint density at radius 2 is 2.08 bits per heavy atom. The highest BCUT2D eigenvalue weighted by atomic mass is 32.1. The van der Waals surface area contributed by atoms with Gasteiger partial charge in [0.2, 0.25) is 0 Å². The third-order valence-electron chi connectivity index (χ3n) is 1.97. The molecule has 1 rings (SSSR count). The number of thiophene rings is 1. The van der Waals surface area contributed by atoms with Crippen LogP contribution in [0.3, 0.4) is 0 Å². The summed E-state index contributed by atoms with van der Waals surface area (Å²) in [6.45, 7) is 11.0. The van der Waals surface area contributed by atoms with Gasteiger partial charge in [0.05, 0.1) is 0 Å². The molecule has 0 aliphatic heterocycles. The van der Waals surface area contributed by atoms with Gasteiger partial charge in [-0.25, -0.2) is 0 Å². The monoisotopic (exact) mass is 197 g/mol. The van der Waals surface area contributed by atoms with Gasteiger partial charge >= 0.3 is 0 Å². The summed E-state index contributed by atoms with van der Waals surface area (Å²) in [6, 6.07) is 2.31. The fraction of sp³-hybridized carbons (Fsp3) is 0.636. The average Bonchev–Trinajstić information content (AvgIpc) is 2.47. The summed E-state index contributed by atoms with van der Waals surface area (Å²) in [7, 11) is 0. The van der Waals surface area contributed by atoms with Gasteiger partial charge in [-0.05, 0) is 29.0 Å².